The van der Waals surface area contributed by atoms with E-state index in [0.717, 1.165) is 5.75 Å². The molecule has 2 aromatic carbocycles. The molecule has 0 unspecified atom stereocenters. The van der Waals surface area contributed by atoms with Crippen molar-refractivity contribution in [3.63, 3.8) is 0 Å². The van der Waals surface area contributed by atoms with Crippen LogP contribution in [0.1, 0.15) is 15.9 Å². The van der Waals surface area contributed by atoms with E-state index < -0.39 is 0 Å². The van der Waals surface area contributed by atoms with Gasteiger partial charge in [-0.15, -0.1) is 11.8 Å². The van der Waals surface area contributed by atoms with Crippen LogP contribution in [-0.2, 0) is 5.75 Å². The minimum atomic E-state index is -0.0442. The maximum absolute atomic E-state index is 11.4. The van der Waals surface area contributed by atoms with Crippen molar-refractivity contribution >= 4 is 17.7 Å². The molecule has 1 amide bonds. The highest BCUT2D eigenvalue weighted by molar-refractivity contribution is 7.98. The van der Waals surface area contributed by atoms with Gasteiger partial charge in [0.1, 0.15) is 0 Å². The number of carbonyl (C=O) groups is 1. The van der Waals surface area contributed by atoms with E-state index in [1.54, 1.807) is 18.8 Å². The molecule has 2 aromatic rings. The average molecular weight is 257 g/mol. The van der Waals surface area contributed by atoms with E-state index in [9.17, 15) is 4.79 Å². The average Bonchev–Trinajstić information content (AvgIpc) is 2.46. The molecule has 2 rings (SSSR count). The first kappa shape index (κ1) is 12.7. The maximum atomic E-state index is 11.4. The molecule has 0 spiro atoms. The van der Waals surface area contributed by atoms with Gasteiger partial charge in [0.25, 0.3) is 5.91 Å². The highest BCUT2D eigenvalue weighted by atomic mass is 32.2. The van der Waals surface area contributed by atoms with E-state index in [0.29, 0.717) is 5.56 Å². The fourth-order valence-electron chi connectivity index (χ4n) is 1.58. The zero-order chi connectivity index (χ0) is 12.8. The van der Waals surface area contributed by atoms with Gasteiger partial charge in [-0.25, -0.2) is 0 Å². The summed E-state index contributed by atoms with van der Waals surface area (Å²) in [4.78, 5) is 12.6. The number of nitrogens with one attached hydrogen (secondary N) is 1. The van der Waals surface area contributed by atoms with Crippen LogP contribution in [0.4, 0.5) is 0 Å². The molecule has 0 aromatic heterocycles. The van der Waals surface area contributed by atoms with Gasteiger partial charge in [-0.2, -0.15) is 0 Å². The van der Waals surface area contributed by atoms with Gasteiger partial charge in [-0.1, -0.05) is 30.3 Å². The van der Waals surface area contributed by atoms with Crippen molar-refractivity contribution in [2.45, 2.75) is 10.6 Å². The lowest BCUT2D eigenvalue weighted by Crippen LogP contribution is -2.17. The van der Waals surface area contributed by atoms with E-state index in [1.165, 1.54) is 10.5 Å². The van der Waals surface area contributed by atoms with Crippen LogP contribution < -0.4 is 5.32 Å². The molecule has 0 atom stereocenters. The molecule has 0 heterocycles. The molecule has 0 aliphatic heterocycles. The molecule has 0 saturated heterocycles. The smallest absolute Gasteiger partial charge is 0.251 e. The Hall–Kier alpha value is -1.74. The zero-order valence-electron chi connectivity index (χ0n) is 10.2. The summed E-state index contributed by atoms with van der Waals surface area (Å²) in [6.07, 6.45) is 0. The molecule has 92 valence electrons. The second-order valence-electron chi connectivity index (χ2n) is 3.88. The van der Waals surface area contributed by atoms with Gasteiger partial charge in [-0.3, -0.25) is 4.79 Å². The van der Waals surface area contributed by atoms with Crippen molar-refractivity contribution in [3.05, 3.63) is 65.7 Å². The fraction of sp³-hybridized carbons (Fsp3) is 0.133. The molecule has 0 fully saturated rings. The summed E-state index contributed by atoms with van der Waals surface area (Å²) in [5.74, 6) is 0.871. The minimum Gasteiger partial charge on any atom is -0.355 e. The molecule has 0 radical (unpaired) electrons. The zero-order valence-corrected chi connectivity index (χ0v) is 11.0. The van der Waals surface area contributed by atoms with Crippen LogP contribution in [0.25, 0.3) is 0 Å². The van der Waals surface area contributed by atoms with Gasteiger partial charge in [0.2, 0.25) is 0 Å². The Morgan fingerprint density at radius 2 is 1.72 bits per heavy atom. The van der Waals surface area contributed by atoms with E-state index in [4.69, 9.17) is 0 Å². The standard InChI is InChI=1S/C15H15NOS/c1-16-15(17)13-9-7-12(8-10-13)11-18-14-5-3-2-4-6-14/h2-10H,11H2,1H3,(H,16,17). The van der Waals surface area contributed by atoms with Crippen LogP contribution in [0, 0.1) is 0 Å². The molecule has 0 aliphatic carbocycles. The number of benzene rings is 2. The van der Waals surface area contributed by atoms with E-state index in [1.807, 2.05) is 42.5 Å². The Morgan fingerprint density at radius 3 is 2.33 bits per heavy atom. The molecule has 3 heteroatoms. The first-order valence-corrected chi connectivity index (χ1v) is 6.77. The lowest BCUT2D eigenvalue weighted by Gasteiger charge is -2.03. The summed E-state index contributed by atoms with van der Waals surface area (Å²) < 4.78 is 0. The van der Waals surface area contributed by atoms with Crippen molar-refractivity contribution in [3.8, 4) is 0 Å². The Morgan fingerprint density at radius 1 is 1.06 bits per heavy atom. The number of hydrogen-bond acceptors (Lipinski definition) is 2. The van der Waals surface area contributed by atoms with Gasteiger partial charge in [-0.05, 0) is 29.8 Å². The Kier molecular flexibility index (Phi) is 4.42. The second kappa shape index (κ2) is 6.26. The van der Waals surface area contributed by atoms with Crippen molar-refractivity contribution in [2.24, 2.45) is 0 Å². The topological polar surface area (TPSA) is 29.1 Å². The summed E-state index contributed by atoms with van der Waals surface area (Å²) in [7, 11) is 1.64. The van der Waals surface area contributed by atoms with E-state index >= 15 is 0 Å². The Balaban J connectivity index is 1.97. The molecule has 0 saturated carbocycles. The summed E-state index contributed by atoms with van der Waals surface area (Å²) in [6, 6.07) is 18.0. The molecular weight excluding hydrogens is 242 g/mol. The summed E-state index contributed by atoms with van der Waals surface area (Å²) in [5, 5.41) is 2.61. The molecular formula is C15H15NOS. The van der Waals surface area contributed by atoms with Crippen LogP contribution in [-0.4, -0.2) is 13.0 Å². The summed E-state index contributed by atoms with van der Waals surface area (Å²) in [5.41, 5.74) is 1.92. The summed E-state index contributed by atoms with van der Waals surface area (Å²) in [6.45, 7) is 0. The first-order chi connectivity index (χ1) is 8.79. The van der Waals surface area contributed by atoms with Crippen molar-refractivity contribution in [1.29, 1.82) is 0 Å². The molecule has 0 bridgehead atoms. The third-order valence-corrected chi connectivity index (χ3v) is 3.68. The third-order valence-electron chi connectivity index (χ3n) is 2.59. The fourth-order valence-corrected chi connectivity index (χ4v) is 2.46. The number of carbonyl (C=O) groups excluding carboxylic acids is 1. The van der Waals surface area contributed by atoms with Gasteiger partial charge >= 0.3 is 0 Å². The number of hydrogen-bond donors (Lipinski definition) is 1. The molecule has 0 aliphatic rings. The lowest BCUT2D eigenvalue weighted by molar-refractivity contribution is 0.0963. The molecule has 1 N–H and O–H groups in total. The van der Waals surface area contributed by atoms with Gasteiger partial charge in [0, 0.05) is 23.3 Å². The van der Waals surface area contributed by atoms with Gasteiger partial charge in [0.15, 0.2) is 0 Å². The number of amides is 1. The van der Waals surface area contributed by atoms with Crippen LogP contribution in [0.3, 0.4) is 0 Å². The van der Waals surface area contributed by atoms with Crippen molar-refractivity contribution in [2.75, 3.05) is 7.05 Å². The molecule has 18 heavy (non-hydrogen) atoms. The van der Waals surface area contributed by atoms with Gasteiger partial charge < -0.3 is 5.32 Å². The van der Waals surface area contributed by atoms with E-state index in [-0.39, 0.29) is 5.91 Å². The Labute approximate surface area is 111 Å². The van der Waals surface area contributed by atoms with Crippen LogP contribution >= 0.6 is 11.8 Å². The lowest BCUT2D eigenvalue weighted by atomic mass is 10.1. The van der Waals surface area contributed by atoms with Crippen molar-refractivity contribution < 1.29 is 4.79 Å². The van der Waals surface area contributed by atoms with Gasteiger partial charge in [0.05, 0.1) is 0 Å². The third kappa shape index (κ3) is 3.37. The van der Waals surface area contributed by atoms with Crippen LogP contribution in [0.15, 0.2) is 59.5 Å². The largest absolute Gasteiger partial charge is 0.355 e. The number of thioether (sulfide) groups is 1. The SMILES string of the molecule is CNC(=O)c1ccc(CSc2ccccc2)cc1. The second-order valence-corrected chi connectivity index (χ2v) is 4.93. The first-order valence-electron chi connectivity index (χ1n) is 5.78. The predicted molar refractivity (Wildman–Crippen MR) is 75.8 cm³/mol. The highest BCUT2D eigenvalue weighted by Crippen LogP contribution is 2.22. The quantitative estimate of drug-likeness (QED) is 0.851. The van der Waals surface area contributed by atoms with Crippen LogP contribution in [0.2, 0.25) is 0 Å². The number of rotatable bonds is 4. The Bertz CT molecular complexity index is 508. The van der Waals surface area contributed by atoms with Crippen LogP contribution in [0.5, 0.6) is 0 Å². The highest BCUT2D eigenvalue weighted by Gasteiger charge is 2.02. The monoisotopic (exact) mass is 257 g/mol. The maximum Gasteiger partial charge on any atom is 0.251 e. The normalized spacial score (nSPS) is 10.1. The van der Waals surface area contributed by atoms with Crippen molar-refractivity contribution in [1.82, 2.24) is 5.32 Å². The summed E-state index contributed by atoms with van der Waals surface area (Å²) >= 11 is 1.79. The predicted octanol–water partition coefficient (Wildman–Crippen LogP) is 3.34. The minimum absolute atomic E-state index is 0.0442. The molecule has 2 nitrogen and oxygen atoms in total. The van der Waals surface area contributed by atoms with E-state index in [2.05, 4.69) is 17.4 Å².